The van der Waals surface area contributed by atoms with Gasteiger partial charge in [0.2, 0.25) is 11.8 Å². The molecule has 1 unspecified atom stereocenters. The fraction of sp³-hybridized carbons (Fsp3) is 0.636. The lowest BCUT2D eigenvalue weighted by atomic mass is 9.92. The van der Waals surface area contributed by atoms with Crippen molar-refractivity contribution in [1.29, 1.82) is 0 Å². The number of rotatable bonds is 4. The van der Waals surface area contributed by atoms with Gasteiger partial charge in [-0.25, -0.2) is 10.8 Å². The van der Waals surface area contributed by atoms with Crippen molar-refractivity contribution in [2.75, 3.05) is 10.7 Å². The molecule has 0 spiro atoms. The van der Waals surface area contributed by atoms with Crippen LogP contribution in [0.25, 0.3) is 0 Å². The van der Waals surface area contributed by atoms with E-state index in [2.05, 4.69) is 34.6 Å². The quantitative estimate of drug-likeness (QED) is 0.430. The first kappa shape index (κ1) is 13.5. The molecular formula is C11H18N6O2. The van der Waals surface area contributed by atoms with Crippen LogP contribution >= 0.6 is 0 Å². The summed E-state index contributed by atoms with van der Waals surface area (Å²) < 4.78 is 0. The highest BCUT2D eigenvalue weighted by atomic mass is 16.6. The van der Waals surface area contributed by atoms with Crippen molar-refractivity contribution >= 4 is 17.5 Å². The fourth-order valence-corrected chi connectivity index (χ4v) is 2.44. The molecule has 1 aromatic rings. The summed E-state index contributed by atoms with van der Waals surface area (Å²) >= 11 is 0. The second-order valence-electron chi connectivity index (χ2n) is 5.58. The van der Waals surface area contributed by atoms with E-state index in [1.165, 1.54) is 0 Å². The molecule has 1 atom stereocenters. The van der Waals surface area contributed by atoms with Crippen LogP contribution in [0.5, 0.6) is 0 Å². The molecule has 0 amide bonds. The van der Waals surface area contributed by atoms with Crippen LogP contribution in [0.1, 0.15) is 33.1 Å². The maximum Gasteiger partial charge on any atom is 0.329 e. The Bertz CT molecular complexity index is 490. The first-order valence-electron chi connectivity index (χ1n) is 6.16. The molecule has 1 aromatic heterocycles. The summed E-state index contributed by atoms with van der Waals surface area (Å²) in [5, 5.41) is 14.1. The lowest BCUT2D eigenvalue weighted by molar-refractivity contribution is -0.384. The second kappa shape index (κ2) is 4.96. The average molecular weight is 266 g/mol. The van der Waals surface area contributed by atoms with E-state index in [-0.39, 0.29) is 28.9 Å². The van der Waals surface area contributed by atoms with Gasteiger partial charge in [-0.15, -0.1) is 0 Å². The molecule has 1 heterocycles. The van der Waals surface area contributed by atoms with Gasteiger partial charge in [0.15, 0.2) is 0 Å². The highest BCUT2D eigenvalue weighted by molar-refractivity contribution is 5.57. The number of nitrogens with two attached hydrogens (primary N) is 1. The largest absolute Gasteiger partial charge is 0.361 e. The van der Waals surface area contributed by atoms with Gasteiger partial charge in [0, 0.05) is 6.04 Å². The van der Waals surface area contributed by atoms with E-state index in [9.17, 15) is 10.1 Å². The van der Waals surface area contributed by atoms with Crippen LogP contribution in [0.4, 0.5) is 17.5 Å². The van der Waals surface area contributed by atoms with E-state index in [1.54, 1.807) is 0 Å². The molecule has 8 heteroatoms. The number of nitrogen functional groups attached to an aromatic ring is 1. The predicted molar refractivity (Wildman–Crippen MR) is 71.5 cm³/mol. The first-order valence-corrected chi connectivity index (χ1v) is 6.16. The maximum absolute atomic E-state index is 11.0. The van der Waals surface area contributed by atoms with Crippen LogP contribution in [0.15, 0.2) is 6.20 Å². The van der Waals surface area contributed by atoms with Crippen molar-refractivity contribution in [3.05, 3.63) is 16.3 Å². The van der Waals surface area contributed by atoms with E-state index < -0.39 is 4.92 Å². The monoisotopic (exact) mass is 266 g/mol. The summed E-state index contributed by atoms with van der Waals surface area (Å²) in [6.45, 7) is 4.38. The van der Waals surface area contributed by atoms with Gasteiger partial charge in [-0.05, 0) is 24.7 Å². The molecule has 0 aromatic carbocycles. The zero-order valence-electron chi connectivity index (χ0n) is 11.0. The van der Waals surface area contributed by atoms with Gasteiger partial charge in [-0.1, -0.05) is 13.8 Å². The Morgan fingerprint density at radius 3 is 2.84 bits per heavy atom. The molecule has 19 heavy (non-hydrogen) atoms. The number of hydrogen-bond acceptors (Lipinski definition) is 7. The van der Waals surface area contributed by atoms with Crippen molar-refractivity contribution in [1.82, 2.24) is 9.97 Å². The lowest BCUT2D eigenvalue weighted by Gasteiger charge is -2.18. The molecule has 104 valence electrons. The molecule has 0 aliphatic heterocycles. The molecule has 0 radical (unpaired) electrons. The van der Waals surface area contributed by atoms with Gasteiger partial charge in [0.25, 0.3) is 0 Å². The summed E-state index contributed by atoms with van der Waals surface area (Å²) in [4.78, 5) is 18.2. The van der Waals surface area contributed by atoms with Gasteiger partial charge in [0.05, 0.1) is 4.92 Å². The average Bonchev–Trinajstić information content (AvgIpc) is 2.68. The van der Waals surface area contributed by atoms with Crippen LogP contribution in [-0.2, 0) is 0 Å². The van der Waals surface area contributed by atoms with Gasteiger partial charge in [-0.2, -0.15) is 4.98 Å². The summed E-state index contributed by atoms with van der Waals surface area (Å²) in [7, 11) is 0. The van der Waals surface area contributed by atoms with Crippen molar-refractivity contribution in [3.8, 4) is 0 Å². The number of nitrogens with zero attached hydrogens (tertiary/aromatic N) is 3. The molecule has 1 aliphatic rings. The third kappa shape index (κ3) is 3.08. The Kier molecular flexibility index (Phi) is 3.52. The van der Waals surface area contributed by atoms with E-state index >= 15 is 0 Å². The van der Waals surface area contributed by atoms with Crippen LogP contribution in [0, 0.1) is 15.5 Å². The van der Waals surface area contributed by atoms with Gasteiger partial charge >= 0.3 is 5.69 Å². The van der Waals surface area contributed by atoms with Crippen LogP contribution < -0.4 is 16.6 Å². The molecule has 8 nitrogen and oxygen atoms in total. The third-order valence-electron chi connectivity index (χ3n) is 3.40. The van der Waals surface area contributed by atoms with Gasteiger partial charge in [-0.3, -0.25) is 15.5 Å². The fourth-order valence-electron chi connectivity index (χ4n) is 2.44. The number of nitrogens with one attached hydrogen (secondary N) is 2. The zero-order chi connectivity index (χ0) is 14.0. The number of aromatic nitrogens is 2. The van der Waals surface area contributed by atoms with Crippen LogP contribution in [0.2, 0.25) is 0 Å². The Balaban J connectivity index is 2.20. The Hall–Kier alpha value is -1.96. The number of hydrogen-bond donors (Lipinski definition) is 3. The number of hydrazine groups is 1. The Labute approximate surface area is 110 Å². The second-order valence-corrected chi connectivity index (χ2v) is 5.58. The summed E-state index contributed by atoms with van der Waals surface area (Å²) in [6.07, 6.45) is 4.18. The van der Waals surface area contributed by atoms with Crippen LogP contribution in [-0.4, -0.2) is 20.9 Å². The predicted octanol–water partition coefficient (Wildman–Crippen LogP) is 1.66. The molecule has 4 N–H and O–H groups in total. The SMILES string of the molecule is CC1(C)CCC(Nc2nc(NN)ncc2[N+](=O)[O-])C1. The molecule has 0 bridgehead atoms. The normalized spacial score (nSPS) is 21.1. The Morgan fingerprint density at radius 1 is 1.58 bits per heavy atom. The van der Waals surface area contributed by atoms with Crippen molar-refractivity contribution < 1.29 is 4.92 Å². The molecular weight excluding hydrogens is 248 g/mol. The highest BCUT2D eigenvalue weighted by Gasteiger charge is 2.32. The summed E-state index contributed by atoms with van der Waals surface area (Å²) in [5.74, 6) is 5.60. The van der Waals surface area contributed by atoms with E-state index in [4.69, 9.17) is 5.84 Å². The zero-order valence-corrected chi connectivity index (χ0v) is 11.0. The minimum atomic E-state index is -0.497. The Morgan fingerprint density at radius 2 is 2.32 bits per heavy atom. The van der Waals surface area contributed by atoms with Crippen molar-refractivity contribution in [2.24, 2.45) is 11.3 Å². The molecule has 2 rings (SSSR count). The topological polar surface area (TPSA) is 119 Å². The molecule has 0 saturated heterocycles. The van der Waals surface area contributed by atoms with Gasteiger partial charge in [0.1, 0.15) is 6.20 Å². The molecule has 1 aliphatic carbocycles. The van der Waals surface area contributed by atoms with E-state index in [0.717, 1.165) is 25.5 Å². The van der Waals surface area contributed by atoms with Crippen LogP contribution in [0.3, 0.4) is 0 Å². The third-order valence-corrected chi connectivity index (χ3v) is 3.40. The maximum atomic E-state index is 11.0. The summed E-state index contributed by atoms with van der Waals surface area (Å²) in [5.41, 5.74) is 2.41. The molecule has 1 fully saturated rings. The summed E-state index contributed by atoms with van der Waals surface area (Å²) in [6, 6.07) is 0.189. The first-order chi connectivity index (χ1) is 8.91. The van der Waals surface area contributed by atoms with Gasteiger partial charge < -0.3 is 5.32 Å². The highest BCUT2D eigenvalue weighted by Crippen LogP contribution is 2.38. The van der Waals surface area contributed by atoms with E-state index in [1.807, 2.05) is 0 Å². The number of nitro groups is 1. The minimum Gasteiger partial charge on any atom is -0.361 e. The van der Waals surface area contributed by atoms with Crippen molar-refractivity contribution in [3.63, 3.8) is 0 Å². The number of anilines is 2. The lowest BCUT2D eigenvalue weighted by Crippen LogP contribution is -2.20. The van der Waals surface area contributed by atoms with E-state index in [0.29, 0.717) is 0 Å². The smallest absolute Gasteiger partial charge is 0.329 e. The van der Waals surface area contributed by atoms with Crippen molar-refractivity contribution in [2.45, 2.75) is 39.2 Å². The molecule has 1 saturated carbocycles. The minimum absolute atomic E-state index is 0.135. The standard InChI is InChI=1S/C11H18N6O2/c1-11(2)4-3-7(5-11)14-9-8(17(18)19)6-13-10(15-9)16-12/h6-7H,3-5,12H2,1-2H3,(H2,13,14,15,16).